The van der Waals surface area contributed by atoms with Gasteiger partial charge in [-0.1, -0.05) is 110 Å². The number of morpholine rings is 1. The van der Waals surface area contributed by atoms with Gasteiger partial charge in [0.05, 0.1) is 19.8 Å². The molecule has 4 heteroatoms. The summed E-state index contributed by atoms with van der Waals surface area (Å²) in [4.78, 5) is 15.3. The summed E-state index contributed by atoms with van der Waals surface area (Å²) in [6.45, 7) is 8.33. The lowest BCUT2D eigenvalue weighted by Gasteiger charge is -2.30. The minimum atomic E-state index is 0.242. The minimum Gasteiger partial charge on any atom is -0.494 e. The van der Waals surface area contributed by atoms with Gasteiger partial charge in [0.25, 0.3) is 0 Å². The predicted molar refractivity (Wildman–Crippen MR) is 154 cm³/mol. The van der Waals surface area contributed by atoms with E-state index in [1.165, 1.54) is 83.5 Å². The molecule has 0 radical (unpaired) electrons. The minimum absolute atomic E-state index is 0.242. The zero-order valence-electron chi connectivity index (χ0n) is 23.7. The summed E-state index contributed by atoms with van der Waals surface area (Å²) in [7, 11) is 0. The van der Waals surface area contributed by atoms with Gasteiger partial charge >= 0.3 is 0 Å². The number of hydrogen-bond acceptors (Lipinski definition) is 4. The molecule has 0 bridgehead atoms. The maximum absolute atomic E-state index is 13.0. The summed E-state index contributed by atoms with van der Waals surface area (Å²) in [5, 5.41) is 0. The average Bonchev–Trinajstić information content (AvgIpc) is 2.91. The number of unbranched alkanes of at least 4 members (excludes halogenated alkanes) is 15. The van der Waals surface area contributed by atoms with Gasteiger partial charge in [0, 0.05) is 30.8 Å². The molecule has 1 aromatic rings. The highest BCUT2D eigenvalue weighted by molar-refractivity contribution is 6.01. The molecule has 1 saturated heterocycles. The number of rotatable bonds is 22. The second-order valence-electron chi connectivity index (χ2n) is 10.6. The Morgan fingerprint density at radius 2 is 1.28 bits per heavy atom. The van der Waals surface area contributed by atoms with Crippen molar-refractivity contribution in [3.05, 3.63) is 23.8 Å². The van der Waals surface area contributed by atoms with E-state index in [1.807, 2.05) is 12.1 Å². The maximum atomic E-state index is 13.0. The van der Waals surface area contributed by atoms with Gasteiger partial charge in [-0.25, -0.2) is 0 Å². The van der Waals surface area contributed by atoms with Gasteiger partial charge in [0.2, 0.25) is 0 Å². The molecule has 0 atom stereocenters. The first-order valence-electron chi connectivity index (χ1n) is 15.4. The number of benzene rings is 1. The van der Waals surface area contributed by atoms with Crippen LogP contribution < -0.4 is 9.64 Å². The van der Waals surface area contributed by atoms with E-state index >= 15 is 0 Å². The molecule has 4 nitrogen and oxygen atoms in total. The molecule has 1 aromatic carbocycles. The molecule has 0 spiro atoms. The second-order valence-corrected chi connectivity index (χ2v) is 10.6. The zero-order valence-corrected chi connectivity index (χ0v) is 23.7. The highest BCUT2D eigenvalue weighted by Gasteiger charge is 2.19. The third-order valence-electron chi connectivity index (χ3n) is 7.39. The summed E-state index contributed by atoms with van der Waals surface area (Å²) in [5.74, 6) is 1.08. The Balaban J connectivity index is 1.62. The Morgan fingerprint density at radius 3 is 1.86 bits per heavy atom. The Labute approximate surface area is 222 Å². The van der Waals surface area contributed by atoms with Crippen molar-refractivity contribution in [2.24, 2.45) is 0 Å². The van der Waals surface area contributed by atoms with Crippen molar-refractivity contribution in [1.82, 2.24) is 0 Å². The number of carbonyl (C=O) groups is 1. The Hall–Kier alpha value is -1.55. The number of carbonyl (C=O) groups excluding carboxylic acids is 1. The number of hydrogen-bond donors (Lipinski definition) is 0. The molecule has 1 aliphatic heterocycles. The van der Waals surface area contributed by atoms with E-state index in [0.717, 1.165) is 75.6 Å². The van der Waals surface area contributed by atoms with E-state index in [1.54, 1.807) is 0 Å². The largest absolute Gasteiger partial charge is 0.494 e. The van der Waals surface area contributed by atoms with Gasteiger partial charge in [-0.05, 0) is 31.0 Å². The zero-order chi connectivity index (χ0) is 25.7. The first-order chi connectivity index (χ1) is 17.8. The summed E-state index contributed by atoms with van der Waals surface area (Å²) < 4.78 is 11.6. The summed E-state index contributed by atoms with van der Waals surface area (Å²) in [6, 6.07) is 6.11. The lowest BCUT2D eigenvalue weighted by molar-refractivity contribution is 0.0977. The van der Waals surface area contributed by atoms with E-state index in [0.29, 0.717) is 6.42 Å². The summed E-state index contributed by atoms with van der Waals surface area (Å²) >= 11 is 0. The van der Waals surface area contributed by atoms with Crippen LogP contribution >= 0.6 is 0 Å². The Bertz CT molecular complexity index is 684. The van der Waals surface area contributed by atoms with Crippen LogP contribution in [0.2, 0.25) is 0 Å². The maximum Gasteiger partial charge on any atom is 0.165 e. The molecule has 0 aliphatic carbocycles. The highest BCUT2D eigenvalue weighted by atomic mass is 16.5. The molecule has 0 unspecified atom stereocenters. The van der Waals surface area contributed by atoms with Crippen LogP contribution in [-0.4, -0.2) is 38.7 Å². The molecule has 1 heterocycles. The van der Waals surface area contributed by atoms with Crippen LogP contribution in [0, 0.1) is 0 Å². The van der Waals surface area contributed by atoms with Gasteiger partial charge in [0.15, 0.2) is 5.78 Å². The molecular formula is C32H55NO3. The van der Waals surface area contributed by atoms with Crippen LogP contribution in [0.5, 0.6) is 5.75 Å². The molecule has 1 fully saturated rings. The van der Waals surface area contributed by atoms with Crippen LogP contribution in [0.4, 0.5) is 5.69 Å². The highest BCUT2D eigenvalue weighted by Crippen LogP contribution is 2.28. The van der Waals surface area contributed by atoms with Crippen LogP contribution in [0.1, 0.15) is 140 Å². The van der Waals surface area contributed by atoms with E-state index in [4.69, 9.17) is 9.47 Å². The van der Waals surface area contributed by atoms with Crippen LogP contribution in [-0.2, 0) is 4.74 Å². The van der Waals surface area contributed by atoms with E-state index in [2.05, 4.69) is 24.8 Å². The van der Waals surface area contributed by atoms with Gasteiger partial charge in [-0.3, -0.25) is 4.79 Å². The van der Waals surface area contributed by atoms with Crippen LogP contribution in [0.3, 0.4) is 0 Å². The Morgan fingerprint density at radius 1 is 0.750 bits per heavy atom. The van der Waals surface area contributed by atoms with Crippen molar-refractivity contribution in [3.8, 4) is 5.75 Å². The fourth-order valence-corrected chi connectivity index (χ4v) is 5.07. The summed E-state index contributed by atoms with van der Waals surface area (Å²) in [5.41, 5.74) is 1.87. The van der Waals surface area contributed by atoms with Crippen molar-refractivity contribution in [2.45, 2.75) is 129 Å². The van der Waals surface area contributed by atoms with Crippen LogP contribution in [0.15, 0.2) is 18.2 Å². The third kappa shape index (κ3) is 13.1. The smallest absolute Gasteiger partial charge is 0.165 e. The van der Waals surface area contributed by atoms with Crippen molar-refractivity contribution < 1.29 is 14.3 Å². The van der Waals surface area contributed by atoms with Crippen molar-refractivity contribution in [2.75, 3.05) is 37.8 Å². The van der Waals surface area contributed by atoms with E-state index in [-0.39, 0.29) is 5.78 Å². The average molecular weight is 502 g/mol. The third-order valence-corrected chi connectivity index (χ3v) is 7.39. The Kier molecular flexibility index (Phi) is 17.5. The monoisotopic (exact) mass is 501 g/mol. The molecule has 2 rings (SSSR count). The first kappa shape index (κ1) is 30.7. The van der Waals surface area contributed by atoms with Gasteiger partial charge in [-0.15, -0.1) is 0 Å². The van der Waals surface area contributed by atoms with Crippen molar-refractivity contribution in [3.63, 3.8) is 0 Å². The van der Waals surface area contributed by atoms with Crippen LogP contribution in [0.25, 0.3) is 0 Å². The summed E-state index contributed by atoms with van der Waals surface area (Å²) in [6.07, 6.45) is 22.9. The van der Waals surface area contributed by atoms with E-state index in [9.17, 15) is 4.79 Å². The number of ether oxygens (including phenoxy) is 2. The van der Waals surface area contributed by atoms with Gasteiger partial charge in [0.1, 0.15) is 5.75 Å². The quantitative estimate of drug-likeness (QED) is 0.117. The molecular weight excluding hydrogens is 446 g/mol. The lowest BCUT2D eigenvalue weighted by Crippen LogP contribution is -2.37. The lowest BCUT2D eigenvalue weighted by atomic mass is 10.0. The molecule has 36 heavy (non-hydrogen) atoms. The van der Waals surface area contributed by atoms with Gasteiger partial charge in [-0.2, -0.15) is 0 Å². The normalized spacial score (nSPS) is 13.8. The van der Waals surface area contributed by atoms with Gasteiger partial charge < -0.3 is 14.4 Å². The van der Waals surface area contributed by atoms with E-state index < -0.39 is 0 Å². The topological polar surface area (TPSA) is 38.8 Å². The number of Topliss-reactive ketones (excluding diaryl/α,β-unsaturated/α-hetero) is 1. The predicted octanol–water partition coefficient (Wildman–Crippen LogP) is 9.15. The fourth-order valence-electron chi connectivity index (χ4n) is 5.07. The molecule has 0 N–H and O–H groups in total. The number of anilines is 1. The van der Waals surface area contributed by atoms with Crippen molar-refractivity contribution >= 4 is 11.5 Å². The number of ketones is 1. The van der Waals surface area contributed by atoms with Crippen molar-refractivity contribution in [1.29, 1.82) is 0 Å². The number of nitrogens with zero attached hydrogens (tertiary/aromatic N) is 1. The standard InChI is InChI=1S/C32H55NO3/c1-3-5-7-8-9-10-11-12-13-14-15-16-17-19-25-36-29-21-22-31(33-23-26-35-27-24-33)30(28-29)32(34)20-18-6-4-2/h21-22,28H,3-20,23-27H2,1-2H3. The SMILES string of the molecule is CCCCCCCCCCCCCCCCOc1ccc(N2CCOCC2)c(C(=O)CCCCC)c1. The first-order valence-corrected chi connectivity index (χ1v) is 15.4. The molecule has 1 aliphatic rings. The fraction of sp³-hybridized carbons (Fsp3) is 0.781. The molecule has 0 saturated carbocycles. The second kappa shape index (κ2) is 20.5. The molecule has 0 aromatic heterocycles. The molecule has 0 amide bonds. The molecule has 206 valence electrons.